The fourth-order valence-electron chi connectivity index (χ4n) is 2.63. The molecule has 1 atom stereocenters. The van der Waals surface area contributed by atoms with Gasteiger partial charge in [-0.2, -0.15) is 0 Å². The minimum Gasteiger partial charge on any atom is -0.378 e. The molecule has 0 spiro atoms. The Kier molecular flexibility index (Phi) is 5.01. The lowest BCUT2D eigenvalue weighted by atomic mass is 10.0. The van der Waals surface area contributed by atoms with Crippen LogP contribution in [0, 0.1) is 0 Å². The molecule has 4 heteroatoms. The van der Waals surface area contributed by atoms with E-state index in [9.17, 15) is 4.79 Å². The molecule has 0 aliphatic carbocycles. The Bertz CT molecular complexity index is 453. The quantitative estimate of drug-likeness (QED) is 0.912. The van der Waals surface area contributed by atoms with Crippen LogP contribution in [0.25, 0.3) is 0 Å². The number of amides is 1. The van der Waals surface area contributed by atoms with E-state index in [2.05, 4.69) is 5.32 Å². The molecule has 1 heterocycles. The highest BCUT2D eigenvalue weighted by atomic mass is 16.2. The molecule has 4 nitrogen and oxygen atoms in total. The van der Waals surface area contributed by atoms with Gasteiger partial charge >= 0.3 is 0 Å². The zero-order valence-electron chi connectivity index (χ0n) is 12.7. The smallest absolute Gasteiger partial charge is 0.253 e. The van der Waals surface area contributed by atoms with Gasteiger partial charge in [0.1, 0.15) is 0 Å². The Hall–Kier alpha value is -1.55. The first-order chi connectivity index (χ1) is 9.58. The van der Waals surface area contributed by atoms with Gasteiger partial charge in [0.2, 0.25) is 0 Å². The Labute approximate surface area is 121 Å². The molecule has 0 saturated carbocycles. The molecule has 0 radical (unpaired) electrons. The van der Waals surface area contributed by atoms with E-state index in [1.807, 2.05) is 55.2 Å². The van der Waals surface area contributed by atoms with Crippen LogP contribution >= 0.6 is 0 Å². The lowest BCUT2D eigenvalue weighted by Crippen LogP contribution is -2.44. The second-order valence-electron chi connectivity index (χ2n) is 5.78. The second kappa shape index (κ2) is 6.75. The predicted octanol–water partition coefficient (Wildman–Crippen LogP) is 1.97. The minimum atomic E-state index is 0.0982. The summed E-state index contributed by atoms with van der Waals surface area (Å²) in [5, 5.41) is 3.48. The third-order valence-electron chi connectivity index (χ3n) is 3.86. The number of nitrogens with one attached hydrogen (secondary N) is 1. The Morgan fingerprint density at radius 1 is 1.30 bits per heavy atom. The third-order valence-corrected chi connectivity index (χ3v) is 3.86. The maximum Gasteiger partial charge on any atom is 0.253 e. The lowest BCUT2D eigenvalue weighted by molar-refractivity contribution is 0.0775. The number of anilines is 1. The Morgan fingerprint density at radius 3 is 2.75 bits per heavy atom. The van der Waals surface area contributed by atoms with Crippen molar-refractivity contribution in [2.24, 2.45) is 0 Å². The molecule has 1 fully saturated rings. The molecule has 110 valence electrons. The molecule has 1 aliphatic rings. The second-order valence-corrected chi connectivity index (χ2v) is 5.78. The molecular formula is C16H25N3O. The van der Waals surface area contributed by atoms with Gasteiger partial charge in [-0.1, -0.05) is 12.5 Å². The summed E-state index contributed by atoms with van der Waals surface area (Å²) in [5.41, 5.74) is 1.81. The van der Waals surface area contributed by atoms with Crippen LogP contribution in [0.1, 0.15) is 29.6 Å². The average molecular weight is 275 g/mol. The number of hydrogen-bond donors (Lipinski definition) is 1. The van der Waals surface area contributed by atoms with E-state index in [0.717, 1.165) is 30.8 Å². The van der Waals surface area contributed by atoms with Crippen molar-refractivity contribution in [2.45, 2.75) is 25.3 Å². The van der Waals surface area contributed by atoms with Crippen molar-refractivity contribution in [1.29, 1.82) is 0 Å². The van der Waals surface area contributed by atoms with Crippen molar-refractivity contribution >= 4 is 11.6 Å². The van der Waals surface area contributed by atoms with E-state index >= 15 is 0 Å². The summed E-state index contributed by atoms with van der Waals surface area (Å²) < 4.78 is 0. The van der Waals surface area contributed by atoms with Crippen molar-refractivity contribution in [2.75, 3.05) is 39.1 Å². The van der Waals surface area contributed by atoms with Crippen LogP contribution in [0.3, 0.4) is 0 Å². The largest absolute Gasteiger partial charge is 0.378 e. The minimum absolute atomic E-state index is 0.0982. The summed E-state index contributed by atoms with van der Waals surface area (Å²) in [6.45, 7) is 1.85. The molecule has 1 N–H and O–H groups in total. The Morgan fingerprint density at radius 2 is 2.10 bits per heavy atom. The predicted molar refractivity (Wildman–Crippen MR) is 83.4 cm³/mol. The lowest BCUT2D eigenvalue weighted by Gasteiger charge is -2.28. The SMILES string of the molecule is CN(CC1CCCCN1)C(=O)c1cccc(N(C)C)c1. The zero-order chi connectivity index (χ0) is 14.5. The standard InChI is InChI=1S/C16H25N3O/c1-18(2)15-9-6-7-13(11-15)16(20)19(3)12-14-8-4-5-10-17-14/h6-7,9,11,14,17H,4-5,8,10,12H2,1-3H3. The van der Waals surface area contributed by atoms with Gasteiger partial charge < -0.3 is 15.1 Å². The van der Waals surface area contributed by atoms with Crippen LogP contribution in [-0.4, -0.2) is 51.1 Å². The van der Waals surface area contributed by atoms with E-state index in [-0.39, 0.29) is 5.91 Å². The van der Waals surface area contributed by atoms with Gasteiger partial charge in [0.15, 0.2) is 0 Å². The van der Waals surface area contributed by atoms with Gasteiger partial charge in [-0.05, 0) is 37.6 Å². The summed E-state index contributed by atoms with van der Waals surface area (Å²) in [6, 6.07) is 8.23. The molecule has 20 heavy (non-hydrogen) atoms. The van der Waals surface area contributed by atoms with Crippen molar-refractivity contribution in [3.05, 3.63) is 29.8 Å². The monoisotopic (exact) mass is 275 g/mol. The van der Waals surface area contributed by atoms with E-state index in [0.29, 0.717) is 6.04 Å². The summed E-state index contributed by atoms with van der Waals surface area (Å²) in [6.07, 6.45) is 3.67. The van der Waals surface area contributed by atoms with E-state index < -0.39 is 0 Å². The summed E-state index contributed by atoms with van der Waals surface area (Å²) in [4.78, 5) is 16.3. The van der Waals surface area contributed by atoms with Crippen LogP contribution in [0.5, 0.6) is 0 Å². The number of carbonyl (C=O) groups excluding carboxylic acids is 1. The van der Waals surface area contributed by atoms with Crippen molar-refractivity contribution in [3.63, 3.8) is 0 Å². The van der Waals surface area contributed by atoms with Gasteiger partial charge in [0.05, 0.1) is 0 Å². The molecule has 1 aromatic rings. The van der Waals surface area contributed by atoms with E-state index in [4.69, 9.17) is 0 Å². The van der Waals surface area contributed by atoms with Crippen LogP contribution in [-0.2, 0) is 0 Å². The normalized spacial score (nSPS) is 18.6. The molecule has 1 aliphatic heterocycles. The molecule has 1 aromatic carbocycles. The van der Waals surface area contributed by atoms with Crippen LogP contribution in [0.2, 0.25) is 0 Å². The van der Waals surface area contributed by atoms with Crippen LogP contribution < -0.4 is 10.2 Å². The fraction of sp³-hybridized carbons (Fsp3) is 0.562. The van der Waals surface area contributed by atoms with Crippen LogP contribution in [0.4, 0.5) is 5.69 Å². The van der Waals surface area contributed by atoms with Crippen molar-refractivity contribution < 1.29 is 4.79 Å². The van der Waals surface area contributed by atoms with Gasteiger partial charge in [-0.25, -0.2) is 0 Å². The van der Waals surface area contributed by atoms with Gasteiger partial charge in [-0.3, -0.25) is 4.79 Å². The number of carbonyl (C=O) groups is 1. The highest BCUT2D eigenvalue weighted by Crippen LogP contribution is 2.15. The highest BCUT2D eigenvalue weighted by Gasteiger charge is 2.18. The molecule has 1 saturated heterocycles. The van der Waals surface area contributed by atoms with Gasteiger partial charge in [0.25, 0.3) is 5.91 Å². The zero-order valence-corrected chi connectivity index (χ0v) is 12.7. The molecular weight excluding hydrogens is 250 g/mol. The van der Waals surface area contributed by atoms with E-state index in [1.165, 1.54) is 12.8 Å². The maximum absolute atomic E-state index is 12.5. The van der Waals surface area contributed by atoms with Crippen molar-refractivity contribution in [3.8, 4) is 0 Å². The topological polar surface area (TPSA) is 35.6 Å². The van der Waals surface area contributed by atoms with E-state index in [1.54, 1.807) is 0 Å². The number of nitrogens with zero attached hydrogens (tertiary/aromatic N) is 2. The summed E-state index contributed by atoms with van der Waals surface area (Å²) in [7, 11) is 5.86. The van der Waals surface area contributed by atoms with Crippen LogP contribution in [0.15, 0.2) is 24.3 Å². The first-order valence-corrected chi connectivity index (χ1v) is 7.34. The first kappa shape index (κ1) is 14.9. The molecule has 0 bridgehead atoms. The average Bonchev–Trinajstić information content (AvgIpc) is 2.47. The summed E-state index contributed by atoms with van der Waals surface area (Å²) in [5.74, 6) is 0.0982. The number of hydrogen-bond acceptors (Lipinski definition) is 3. The summed E-state index contributed by atoms with van der Waals surface area (Å²) >= 11 is 0. The first-order valence-electron chi connectivity index (χ1n) is 7.34. The number of rotatable bonds is 4. The number of piperidine rings is 1. The van der Waals surface area contributed by atoms with Crippen molar-refractivity contribution in [1.82, 2.24) is 10.2 Å². The molecule has 1 unspecified atom stereocenters. The molecule has 0 aromatic heterocycles. The highest BCUT2D eigenvalue weighted by molar-refractivity contribution is 5.95. The third kappa shape index (κ3) is 3.73. The number of likely N-dealkylation sites (N-methyl/N-ethyl adjacent to an activating group) is 1. The molecule has 2 rings (SSSR count). The van der Waals surface area contributed by atoms with Gasteiger partial charge in [0, 0.05) is 45.0 Å². The molecule has 1 amide bonds. The Balaban J connectivity index is 2.00. The maximum atomic E-state index is 12.5. The fourth-order valence-corrected chi connectivity index (χ4v) is 2.63. The number of benzene rings is 1. The van der Waals surface area contributed by atoms with Gasteiger partial charge in [-0.15, -0.1) is 0 Å².